The number of carboxylic acids is 1. The van der Waals surface area contributed by atoms with Crippen LogP contribution in [0.2, 0.25) is 0 Å². The molecular weight excluding hydrogens is 329 g/mol. The van der Waals surface area contributed by atoms with Crippen molar-refractivity contribution in [3.8, 4) is 0 Å². The van der Waals surface area contributed by atoms with Crippen LogP contribution < -0.4 is 5.32 Å². The highest BCUT2D eigenvalue weighted by Gasteiger charge is 2.35. The van der Waals surface area contributed by atoms with E-state index < -0.39 is 23.1 Å². The number of hydrogen-bond acceptors (Lipinski definition) is 2. The summed E-state index contributed by atoms with van der Waals surface area (Å²) in [5, 5.41) is 11.8. The van der Waals surface area contributed by atoms with Gasteiger partial charge in [-0.25, -0.2) is 4.39 Å². The first kappa shape index (κ1) is 16.6. The molecule has 1 aromatic carbocycles. The van der Waals surface area contributed by atoms with Gasteiger partial charge in [-0.05, 0) is 31.0 Å². The number of halogens is 2. The number of benzene rings is 1. The molecule has 0 unspecified atom stereocenters. The lowest BCUT2D eigenvalue weighted by Crippen LogP contribution is -2.42. The fourth-order valence-corrected chi connectivity index (χ4v) is 2.23. The highest BCUT2D eigenvalue weighted by Crippen LogP contribution is 2.26. The molecule has 0 aliphatic rings. The number of carboxylic acid groups (broad SMARTS) is 1. The van der Waals surface area contributed by atoms with Gasteiger partial charge >= 0.3 is 5.97 Å². The van der Waals surface area contributed by atoms with Gasteiger partial charge in [0, 0.05) is 11.0 Å². The number of carbonyl (C=O) groups is 2. The van der Waals surface area contributed by atoms with Crippen LogP contribution in [0.15, 0.2) is 22.7 Å². The Morgan fingerprint density at radius 1 is 1.35 bits per heavy atom. The zero-order valence-electron chi connectivity index (χ0n) is 11.4. The fourth-order valence-electron chi connectivity index (χ4n) is 1.90. The Balaban J connectivity index is 2.83. The third-order valence-electron chi connectivity index (χ3n) is 3.57. The van der Waals surface area contributed by atoms with E-state index in [9.17, 15) is 19.1 Å². The first-order chi connectivity index (χ1) is 9.36. The molecule has 20 heavy (non-hydrogen) atoms. The topological polar surface area (TPSA) is 66.4 Å². The van der Waals surface area contributed by atoms with Gasteiger partial charge in [0.05, 0.1) is 11.0 Å². The number of aliphatic carboxylic acids is 1. The second kappa shape index (κ2) is 6.83. The molecule has 2 N–H and O–H groups in total. The van der Waals surface area contributed by atoms with E-state index in [2.05, 4.69) is 21.2 Å². The Hall–Kier alpha value is -1.43. The molecule has 0 aliphatic heterocycles. The maximum atomic E-state index is 13.6. The summed E-state index contributed by atoms with van der Waals surface area (Å²) in [6.45, 7) is 3.48. The lowest BCUT2D eigenvalue weighted by molar-refractivity contribution is -0.149. The standard InChI is InChI=1S/C14H17BrFNO3/c1-3-14(4-2,13(19)20)8-17-12(18)10-6-5-9(15)7-11(10)16/h5-7H,3-4,8H2,1-2H3,(H,17,18)(H,19,20). The molecule has 0 aliphatic carbocycles. The minimum atomic E-state index is -1.01. The molecule has 0 atom stereocenters. The van der Waals surface area contributed by atoms with E-state index in [4.69, 9.17) is 0 Å². The quantitative estimate of drug-likeness (QED) is 0.831. The number of amides is 1. The van der Waals surface area contributed by atoms with Crippen LogP contribution in [0.4, 0.5) is 4.39 Å². The molecule has 110 valence electrons. The summed E-state index contributed by atoms with van der Waals surface area (Å²) in [5.74, 6) is -2.22. The van der Waals surface area contributed by atoms with Gasteiger partial charge < -0.3 is 10.4 Å². The van der Waals surface area contributed by atoms with Gasteiger partial charge in [0.2, 0.25) is 0 Å². The molecule has 1 aromatic rings. The van der Waals surface area contributed by atoms with Crippen molar-refractivity contribution in [1.82, 2.24) is 5.32 Å². The summed E-state index contributed by atoms with van der Waals surface area (Å²) < 4.78 is 14.2. The molecule has 0 radical (unpaired) electrons. The Morgan fingerprint density at radius 3 is 2.40 bits per heavy atom. The Bertz CT molecular complexity index is 515. The summed E-state index contributed by atoms with van der Waals surface area (Å²) >= 11 is 3.11. The van der Waals surface area contributed by atoms with E-state index in [0.29, 0.717) is 17.3 Å². The number of rotatable bonds is 6. The van der Waals surface area contributed by atoms with Crippen LogP contribution in [0.5, 0.6) is 0 Å². The molecule has 0 heterocycles. The summed E-state index contributed by atoms with van der Waals surface area (Å²) in [6, 6.07) is 4.11. The zero-order valence-corrected chi connectivity index (χ0v) is 13.0. The van der Waals surface area contributed by atoms with E-state index in [1.54, 1.807) is 19.9 Å². The van der Waals surface area contributed by atoms with Crippen molar-refractivity contribution in [3.63, 3.8) is 0 Å². The predicted molar refractivity (Wildman–Crippen MR) is 77.1 cm³/mol. The van der Waals surface area contributed by atoms with Gasteiger partial charge in [0.25, 0.3) is 5.91 Å². The third-order valence-corrected chi connectivity index (χ3v) is 4.06. The molecule has 1 amide bonds. The molecule has 0 aromatic heterocycles. The van der Waals surface area contributed by atoms with Gasteiger partial charge in [0.15, 0.2) is 0 Å². The Morgan fingerprint density at radius 2 is 1.95 bits per heavy atom. The van der Waals surface area contributed by atoms with Crippen LogP contribution in [0.3, 0.4) is 0 Å². The number of nitrogens with one attached hydrogen (secondary N) is 1. The van der Waals surface area contributed by atoms with E-state index in [-0.39, 0.29) is 12.1 Å². The summed E-state index contributed by atoms with van der Waals surface area (Å²) in [6.07, 6.45) is 0.782. The molecule has 0 bridgehead atoms. The van der Waals surface area contributed by atoms with E-state index >= 15 is 0 Å². The van der Waals surface area contributed by atoms with Crippen LogP contribution in [0, 0.1) is 11.2 Å². The van der Waals surface area contributed by atoms with E-state index in [1.807, 2.05) is 0 Å². The smallest absolute Gasteiger partial charge is 0.311 e. The third kappa shape index (κ3) is 3.56. The van der Waals surface area contributed by atoms with Crippen molar-refractivity contribution < 1.29 is 19.1 Å². The minimum absolute atomic E-state index is 0.0241. The van der Waals surface area contributed by atoms with Gasteiger partial charge in [-0.1, -0.05) is 29.8 Å². The van der Waals surface area contributed by atoms with Crippen molar-refractivity contribution in [1.29, 1.82) is 0 Å². The van der Waals surface area contributed by atoms with Gasteiger partial charge in [-0.3, -0.25) is 9.59 Å². The second-order valence-electron chi connectivity index (χ2n) is 4.60. The zero-order chi connectivity index (χ0) is 15.3. The summed E-state index contributed by atoms with van der Waals surface area (Å²) in [4.78, 5) is 23.2. The highest BCUT2D eigenvalue weighted by molar-refractivity contribution is 9.10. The first-order valence-corrected chi connectivity index (χ1v) is 7.12. The normalized spacial score (nSPS) is 11.2. The lowest BCUT2D eigenvalue weighted by atomic mass is 9.82. The van der Waals surface area contributed by atoms with Crippen LogP contribution in [0.1, 0.15) is 37.0 Å². The maximum absolute atomic E-state index is 13.6. The fraction of sp³-hybridized carbons (Fsp3) is 0.429. The van der Waals surface area contributed by atoms with Gasteiger partial charge in [0.1, 0.15) is 5.82 Å². The van der Waals surface area contributed by atoms with E-state index in [0.717, 1.165) is 0 Å². The monoisotopic (exact) mass is 345 g/mol. The van der Waals surface area contributed by atoms with Crippen molar-refractivity contribution in [2.24, 2.45) is 5.41 Å². The molecule has 1 rings (SSSR count). The Kier molecular flexibility index (Phi) is 5.68. The van der Waals surface area contributed by atoms with Crippen LogP contribution in [0.25, 0.3) is 0 Å². The average molecular weight is 346 g/mol. The average Bonchev–Trinajstić information content (AvgIpc) is 2.39. The molecule has 4 nitrogen and oxygen atoms in total. The van der Waals surface area contributed by atoms with Gasteiger partial charge in [-0.2, -0.15) is 0 Å². The largest absolute Gasteiger partial charge is 0.481 e. The van der Waals surface area contributed by atoms with Crippen molar-refractivity contribution in [2.75, 3.05) is 6.54 Å². The molecule has 0 saturated heterocycles. The van der Waals surface area contributed by atoms with Crippen molar-refractivity contribution in [3.05, 3.63) is 34.1 Å². The SMILES string of the molecule is CCC(CC)(CNC(=O)c1ccc(Br)cc1F)C(=O)O. The first-order valence-electron chi connectivity index (χ1n) is 6.33. The second-order valence-corrected chi connectivity index (χ2v) is 5.52. The Labute approximate surface area is 125 Å². The maximum Gasteiger partial charge on any atom is 0.311 e. The molecule has 0 spiro atoms. The molecular formula is C14H17BrFNO3. The number of carbonyl (C=O) groups excluding carboxylic acids is 1. The summed E-state index contributed by atoms with van der Waals surface area (Å²) in [7, 11) is 0. The summed E-state index contributed by atoms with van der Waals surface area (Å²) in [5.41, 5.74) is -1.11. The van der Waals surface area contributed by atoms with Crippen LogP contribution in [-0.4, -0.2) is 23.5 Å². The minimum Gasteiger partial charge on any atom is -0.481 e. The highest BCUT2D eigenvalue weighted by atomic mass is 79.9. The molecule has 0 fully saturated rings. The predicted octanol–water partition coefficient (Wildman–Crippen LogP) is 3.21. The molecule has 6 heteroatoms. The number of hydrogen-bond donors (Lipinski definition) is 2. The lowest BCUT2D eigenvalue weighted by Gasteiger charge is -2.26. The van der Waals surface area contributed by atoms with Crippen molar-refractivity contribution >= 4 is 27.8 Å². The van der Waals surface area contributed by atoms with Crippen LogP contribution in [-0.2, 0) is 4.79 Å². The molecule has 0 saturated carbocycles. The van der Waals surface area contributed by atoms with E-state index in [1.165, 1.54) is 12.1 Å². The van der Waals surface area contributed by atoms with Gasteiger partial charge in [-0.15, -0.1) is 0 Å². The van der Waals surface area contributed by atoms with Crippen LogP contribution >= 0.6 is 15.9 Å². The van der Waals surface area contributed by atoms with Crippen molar-refractivity contribution in [2.45, 2.75) is 26.7 Å².